The average Bonchev–Trinajstić information content (AvgIpc) is 3.37. The summed E-state index contributed by atoms with van der Waals surface area (Å²) in [6, 6.07) is 13.9. The maximum Gasteiger partial charge on any atom is 0.234 e. The van der Waals surface area contributed by atoms with Crippen molar-refractivity contribution in [2.24, 2.45) is 5.41 Å². The van der Waals surface area contributed by atoms with E-state index in [-0.39, 0.29) is 24.0 Å². The second kappa shape index (κ2) is 11.2. The van der Waals surface area contributed by atoms with E-state index < -0.39 is 0 Å². The fraction of sp³-hybridized carbons (Fsp3) is 0.500. The predicted molar refractivity (Wildman–Crippen MR) is 135 cm³/mol. The van der Waals surface area contributed by atoms with Gasteiger partial charge < -0.3 is 24.8 Å². The van der Waals surface area contributed by atoms with Gasteiger partial charge in [-0.05, 0) is 74.5 Å². The van der Waals surface area contributed by atoms with Crippen LogP contribution in [0.15, 0.2) is 42.5 Å². The summed E-state index contributed by atoms with van der Waals surface area (Å²) in [5.41, 5.74) is 1.85. The number of rotatable bonds is 4. The number of carbonyl (C=O) groups excluding carboxylic acids is 2. The highest BCUT2D eigenvalue weighted by Crippen LogP contribution is 2.38. The second-order valence-electron chi connectivity index (χ2n) is 9.94. The van der Waals surface area contributed by atoms with Crippen molar-refractivity contribution >= 4 is 11.8 Å². The molecule has 2 N–H and O–H groups in total. The fourth-order valence-electron chi connectivity index (χ4n) is 5.38. The lowest BCUT2D eigenvalue weighted by Crippen LogP contribution is -2.51. The molecule has 2 amide bonds. The largest absolute Gasteiger partial charge is 0.491 e. The van der Waals surface area contributed by atoms with Crippen LogP contribution in [-0.2, 0) is 22.6 Å². The number of ether oxygens (including phenoxy) is 3. The standard InChI is InChI=1S/C28H35N3O5/c32-26(30-18-21-8-9-24-25(17-21)36-20-35-24)19-31-14-11-28(12-15-31)10-4-3-6-22-5-1-2-7-23(22)34-16-13-29-27(28)33/h1-2,5,7-9,17H,3-4,6,10-16,18-20H2,(H,29,33)(H,30,32). The molecule has 5 rings (SSSR count). The summed E-state index contributed by atoms with van der Waals surface area (Å²) in [6.45, 7) is 3.47. The summed E-state index contributed by atoms with van der Waals surface area (Å²) >= 11 is 0. The van der Waals surface area contributed by atoms with Gasteiger partial charge in [-0.1, -0.05) is 30.7 Å². The minimum absolute atomic E-state index is 0.0115. The normalized spacial score (nSPS) is 19.8. The number of nitrogens with one attached hydrogen (secondary N) is 2. The van der Waals surface area contributed by atoms with E-state index in [0.717, 1.165) is 68.7 Å². The van der Waals surface area contributed by atoms with Crippen molar-refractivity contribution < 1.29 is 23.8 Å². The molecule has 0 aromatic heterocycles. The maximum atomic E-state index is 13.2. The van der Waals surface area contributed by atoms with Gasteiger partial charge in [0.2, 0.25) is 18.6 Å². The third-order valence-electron chi connectivity index (χ3n) is 7.56. The van der Waals surface area contributed by atoms with Crippen LogP contribution in [0.4, 0.5) is 0 Å². The van der Waals surface area contributed by atoms with Gasteiger partial charge >= 0.3 is 0 Å². The molecule has 1 saturated heterocycles. The van der Waals surface area contributed by atoms with Gasteiger partial charge in [0.1, 0.15) is 12.4 Å². The number of carbonyl (C=O) groups is 2. The lowest BCUT2D eigenvalue weighted by molar-refractivity contribution is -0.135. The van der Waals surface area contributed by atoms with Crippen LogP contribution in [0.25, 0.3) is 0 Å². The first-order valence-electron chi connectivity index (χ1n) is 13.0. The Balaban J connectivity index is 1.11. The fourth-order valence-corrected chi connectivity index (χ4v) is 5.38. The molecular formula is C28H35N3O5. The Bertz CT molecular complexity index is 1080. The zero-order valence-corrected chi connectivity index (χ0v) is 20.7. The van der Waals surface area contributed by atoms with E-state index in [1.807, 2.05) is 30.3 Å². The Morgan fingerprint density at radius 1 is 0.972 bits per heavy atom. The van der Waals surface area contributed by atoms with Crippen LogP contribution in [-0.4, -0.2) is 56.3 Å². The molecule has 2 aromatic rings. The van der Waals surface area contributed by atoms with Gasteiger partial charge in [0.05, 0.1) is 18.5 Å². The molecule has 3 heterocycles. The monoisotopic (exact) mass is 493 g/mol. The number of amides is 2. The van der Waals surface area contributed by atoms with Crippen LogP contribution in [0.2, 0.25) is 0 Å². The molecule has 2 aromatic carbocycles. The number of likely N-dealkylation sites (tertiary alicyclic amines) is 1. The predicted octanol–water partition coefficient (Wildman–Crippen LogP) is 3.04. The molecule has 192 valence electrons. The molecule has 0 bridgehead atoms. The Hall–Kier alpha value is -3.26. The quantitative estimate of drug-likeness (QED) is 0.681. The van der Waals surface area contributed by atoms with Crippen molar-refractivity contribution in [2.75, 3.05) is 39.6 Å². The Labute approximate surface area is 212 Å². The molecule has 8 nitrogen and oxygen atoms in total. The van der Waals surface area contributed by atoms with Gasteiger partial charge in [0, 0.05) is 6.54 Å². The molecule has 0 aliphatic carbocycles. The van der Waals surface area contributed by atoms with Crippen molar-refractivity contribution in [3.63, 3.8) is 0 Å². The van der Waals surface area contributed by atoms with E-state index in [1.54, 1.807) is 0 Å². The molecule has 0 unspecified atom stereocenters. The average molecular weight is 494 g/mol. The van der Waals surface area contributed by atoms with Crippen molar-refractivity contribution in [3.8, 4) is 17.2 Å². The van der Waals surface area contributed by atoms with Gasteiger partial charge in [-0.25, -0.2) is 0 Å². The Morgan fingerprint density at radius 3 is 2.69 bits per heavy atom. The molecular weight excluding hydrogens is 458 g/mol. The smallest absolute Gasteiger partial charge is 0.234 e. The van der Waals surface area contributed by atoms with E-state index >= 15 is 0 Å². The molecule has 0 saturated carbocycles. The molecule has 1 fully saturated rings. The minimum atomic E-state index is -0.363. The van der Waals surface area contributed by atoms with E-state index in [9.17, 15) is 9.59 Å². The van der Waals surface area contributed by atoms with E-state index in [4.69, 9.17) is 14.2 Å². The lowest BCUT2D eigenvalue weighted by Gasteiger charge is -2.40. The zero-order chi connectivity index (χ0) is 24.8. The van der Waals surface area contributed by atoms with Gasteiger partial charge in [0.25, 0.3) is 0 Å². The van der Waals surface area contributed by atoms with Crippen LogP contribution < -0.4 is 24.8 Å². The number of hydrogen-bond acceptors (Lipinski definition) is 6. The van der Waals surface area contributed by atoms with Crippen LogP contribution in [0.1, 0.15) is 43.2 Å². The van der Waals surface area contributed by atoms with Crippen LogP contribution in [0, 0.1) is 5.41 Å². The molecule has 3 aliphatic heterocycles. The zero-order valence-electron chi connectivity index (χ0n) is 20.7. The van der Waals surface area contributed by atoms with E-state index in [0.29, 0.717) is 32.0 Å². The second-order valence-corrected chi connectivity index (χ2v) is 9.94. The topological polar surface area (TPSA) is 89.1 Å². The summed E-state index contributed by atoms with van der Waals surface area (Å²) in [6.07, 6.45) is 5.41. The van der Waals surface area contributed by atoms with Crippen LogP contribution in [0.5, 0.6) is 17.2 Å². The number of aryl methyl sites for hydroxylation is 1. The molecule has 36 heavy (non-hydrogen) atoms. The summed E-state index contributed by atoms with van der Waals surface area (Å²) in [7, 11) is 0. The molecule has 0 radical (unpaired) electrons. The van der Waals surface area contributed by atoms with Crippen molar-refractivity contribution in [1.29, 1.82) is 0 Å². The molecule has 0 atom stereocenters. The van der Waals surface area contributed by atoms with Gasteiger partial charge in [0.15, 0.2) is 11.5 Å². The first kappa shape index (κ1) is 24.4. The van der Waals surface area contributed by atoms with E-state index in [1.165, 1.54) is 5.56 Å². The SMILES string of the molecule is O=C(CN1CCC2(CCCCc3ccccc3OCCNC2=O)CC1)NCc1ccc2c(c1)OCO2. The number of para-hydroxylation sites is 1. The van der Waals surface area contributed by atoms with Gasteiger partial charge in [-0.3, -0.25) is 14.5 Å². The van der Waals surface area contributed by atoms with Crippen LogP contribution >= 0.6 is 0 Å². The van der Waals surface area contributed by atoms with Crippen molar-refractivity contribution in [1.82, 2.24) is 15.5 Å². The highest BCUT2D eigenvalue weighted by atomic mass is 16.7. The summed E-state index contributed by atoms with van der Waals surface area (Å²) in [5.74, 6) is 2.50. The number of benzene rings is 2. The molecule has 8 heteroatoms. The Morgan fingerprint density at radius 2 is 1.81 bits per heavy atom. The summed E-state index contributed by atoms with van der Waals surface area (Å²) in [5, 5.41) is 6.12. The van der Waals surface area contributed by atoms with E-state index in [2.05, 4.69) is 27.7 Å². The number of nitrogens with zero attached hydrogens (tertiary/aromatic N) is 1. The van der Waals surface area contributed by atoms with Crippen LogP contribution in [0.3, 0.4) is 0 Å². The number of hydrogen-bond donors (Lipinski definition) is 2. The molecule has 1 spiro atoms. The highest BCUT2D eigenvalue weighted by Gasteiger charge is 2.40. The number of fused-ring (bicyclic) bond motifs is 2. The third-order valence-corrected chi connectivity index (χ3v) is 7.56. The maximum absolute atomic E-state index is 13.2. The third kappa shape index (κ3) is 5.75. The van der Waals surface area contributed by atoms with Gasteiger partial charge in [-0.2, -0.15) is 0 Å². The Kier molecular flexibility index (Phi) is 7.60. The molecule has 3 aliphatic rings. The lowest BCUT2D eigenvalue weighted by atomic mass is 9.73. The number of piperidine rings is 1. The summed E-state index contributed by atoms with van der Waals surface area (Å²) in [4.78, 5) is 28.0. The first-order chi connectivity index (χ1) is 17.6. The first-order valence-corrected chi connectivity index (χ1v) is 13.0. The van der Waals surface area contributed by atoms with Crippen molar-refractivity contribution in [2.45, 2.75) is 45.1 Å². The highest BCUT2D eigenvalue weighted by molar-refractivity contribution is 5.83. The summed E-state index contributed by atoms with van der Waals surface area (Å²) < 4.78 is 16.7. The van der Waals surface area contributed by atoms with Gasteiger partial charge in [-0.15, -0.1) is 0 Å². The minimum Gasteiger partial charge on any atom is -0.491 e. The van der Waals surface area contributed by atoms with Crippen molar-refractivity contribution in [3.05, 3.63) is 53.6 Å².